The molecule has 0 aliphatic rings. The minimum Gasteiger partial charge on any atom is -0.323 e. The van der Waals surface area contributed by atoms with Crippen molar-refractivity contribution in [3.63, 3.8) is 0 Å². The third kappa shape index (κ3) is 4.07. The van der Waals surface area contributed by atoms with Crippen LogP contribution >= 0.6 is 0 Å². The Bertz CT molecular complexity index is 2000. The molecule has 40 heavy (non-hydrogen) atoms. The van der Waals surface area contributed by atoms with Crippen LogP contribution in [-0.2, 0) is 0 Å². The Labute approximate surface area is 232 Å². The predicted molar refractivity (Wildman–Crippen MR) is 170 cm³/mol. The molecule has 0 saturated heterocycles. The van der Waals surface area contributed by atoms with E-state index in [2.05, 4.69) is 167 Å². The largest absolute Gasteiger partial charge is 0.323 e. The Kier molecular flexibility index (Phi) is 5.17. The highest BCUT2D eigenvalue weighted by Gasteiger charge is 2.04. The van der Waals surface area contributed by atoms with E-state index in [4.69, 9.17) is 0 Å². The molecular weight excluding hydrogens is 484 g/mol. The Morgan fingerprint density at radius 2 is 0.675 bits per heavy atom. The first-order valence-electron chi connectivity index (χ1n) is 13.7. The van der Waals surface area contributed by atoms with E-state index in [1.54, 1.807) is 0 Å². The van der Waals surface area contributed by atoms with Gasteiger partial charge in [0.05, 0.1) is 0 Å². The first-order valence-corrected chi connectivity index (χ1v) is 13.7. The highest BCUT2D eigenvalue weighted by molar-refractivity contribution is 5.91. The van der Waals surface area contributed by atoms with Crippen LogP contribution in [0.4, 0.5) is 0 Å². The number of rotatable bonds is 4. The minimum absolute atomic E-state index is 1.18. The van der Waals surface area contributed by atoms with E-state index in [9.17, 15) is 0 Å². The van der Waals surface area contributed by atoms with Crippen molar-refractivity contribution in [1.29, 1.82) is 0 Å². The van der Waals surface area contributed by atoms with Gasteiger partial charge in [-0.3, -0.25) is 0 Å². The molecule has 6 aromatic carbocycles. The van der Waals surface area contributed by atoms with E-state index in [1.807, 2.05) is 0 Å². The van der Waals surface area contributed by atoms with E-state index >= 15 is 0 Å². The Balaban J connectivity index is 1.05. The molecule has 0 aliphatic heterocycles. The number of benzene rings is 6. The second-order valence-corrected chi connectivity index (χ2v) is 10.5. The van der Waals surface area contributed by atoms with Crippen LogP contribution in [0, 0.1) is 0 Å². The van der Waals surface area contributed by atoms with Gasteiger partial charge in [-0.05, 0) is 90.6 Å². The monoisotopic (exact) mass is 510 g/mol. The van der Waals surface area contributed by atoms with E-state index < -0.39 is 0 Å². The molecule has 0 amide bonds. The molecule has 2 nitrogen and oxygen atoms in total. The molecule has 188 valence electrons. The van der Waals surface area contributed by atoms with Crippen LogP contribution < -0.4 is 0 Å². The summed E-state index contributed by atoms with van der Waals surface area (Å²) in [6.45, 7) is 0. The van der Waals surface area contributed by atoms with Gasteiger partial charge in [0.1, 0.15) is 0 Å². The molecule has 2 heteroatoms. The van der Waals surface area contributed by atoms with Gasteiger partial charge in [0, 0.05) is 36.2 Å². The van der Waals surface area contributed by atoms with Crippen LogP contribution in [0.5, 0.6) is 0 Å². The zero-order chi connectivity index (χ0) is 26.5. The quantitative estimate of drug-likeness (QED) is 0.208. The summed E-state index contributed by atoms with van der Waals surface area (Å²) in [5.74, 6) is 0. The maximum atomic E-state index is 2.26. The smallest absolute Gasteiger partial charge is 0.0456 e. The lowest BCUT2D eigenvalue weighted by Crippen LogP contribution is -1.89. The lowest BCUT2D eigenvalue weighted by atomic mass is 10.0. The van der Waals surface area contributed by atoms with Gasteiger partial charge in [0.2, 0.25) is 0 Å². The van der Waals surface area contributed by atoms with E-state index in [-0.39, 0.29) is 0 Å². The molecule has 0 unspecified atom stereocenters. The van der Waals surface area contributed by atoms with E-state index in [0.29, 0.717) is 0 Å². The molecule has 0 radical (unpaired) electrons. The first-order chi connectivity index (χ1) is 19.7. The van der Waals surface area contributed by atoms with Crippen molar-refractivity contribution in [2.75, 3.05) is 0 Å². The van der Waals surface area contributed by atoms with Crippen molar-refractivity contribution in [2.24, 2.45) is 0 Å². The Morgan fingerprint density at radius 3 is 1.07 bits per heavy atom. The molecule has 0 spiro atoms. The second-order valence-electron chi connectivity index (χ2n) is 10.5. The maximum absolute atomic E-state index is 2.26. The van der Waals surface area contributed by atoms with Crippen molar-refractivity contribution < 1.29 is 0 Å². The Morgan fingerprint density at radius 1 is 0.325 bits per heavy atom. The third-order valence-corrected chi connectivity index (χ3v) is 7.86. The van der Waals surface area contributed by atoms with Crippen LogP contribution in [0.3, 0.4) is 0 Å². The molecule has 8 aromatic rings. The first kappa shape index (κ1) is 22.6. The van der Waals surface area contributed by atoms with Crippen LogP contribution in [0.25, 0.3) is 66.6 Å². The topological polar surface area (TPSA) is 9.86 Å². The third-order valence-electron chi connectivity index (χ3n) is 7.86. The summed E-state index contributed by atoms with van der Waals surface area (Å²) in [5.41, 5.74) is 4.75. The molecule has 0 saturated carbocycles. The number of aromatic nitrogens is 2. The number of hydrogen-bond donors (Lipinski definition) is 0. The summed E-state index contributed by atoms with van der Waals surface area (Å²) in [5, 5.41) is 9.99. The summed E-state index contributed by atoms with van der Waals surface area (Å²) in [6, 6.07) is 43.7. The summed E-state index contributed by atoms with van der Waals surface area (Å²) < 4.78 is 4.42. The summed E-state index contributed by atoms with van der Waals surface area (Å²) in [7, 11) is 0. The van der Waals surface area contributed by atoms with Gasteiger partial charge >= 0.3 is 0 Å². The van der Waals surface area contributed by atoms with Crippen LogP contribution in [0.15, 0.2) is 146 Å². The fourth-order valence-electron chi connectivity index (χ4n) is 5.69. The van der Waals surface area contributed by atoms with Crippen molar-refractivity contribution in [3.05, 3.63) is 157 Å². The summed E-state index contributed by atoms with van der Waals surface area (Å²) in [6.07, 6.45) is 13.2. The SMILES string of the molecule is C(=C\c1ccc2cc(-n3cc4ccccc4c3)ccc2c1)/c1ccc2cc(-n3cc4ccccc4c3)ccc2c1. The lowest BCUT2D eigenvalue weighted by molar-refractivity contribution is 1.09. The van der Waals surface area contributed by atoms with Crippen molar-refractivity contribution in [1.82, 2.24) is 9.13 Å². The van der Waals surface area contributed by atoms with E-state index in [1.165, 1.54) is 65.6 Å². The number of nitrogens with zero attached hydrogens (tertiary/aromatic N) is 2. The molecule has 2 heterocycles. The van der Waals surface area contributed by atoms with Gasteiger partial charge in [-0.25, -0.2) is 0 Å². The molecule has 0 aliphatic carbocycles. The van der Waals surface area contributed by atoms with Crippen LogP contribution in [0.1, 0.15) is 11.1 Å². The van der Waals surface area contributed by atoms with Crippen LogP contribution in [0.2, 0.25) is 0 Å². The molecular formula is C38H26N2. The van der Waals surface area contributed by atoms with Crippen molar-refractivity contribution in [2.45, 2.75) is 0 Å². The van der Waals surface area contributed by atoms with Gasteiger partial charge < -0.3 is 9.13 Å². The molecule has 0 fully saturated rings. The maximum Gasteiger partial charge on any atom is 0.0456 e. The molecule has 8 rings (SSSR count). The fourth-order valence-corrected chi connectivity index (χ4v) is 5.69. The Hall–Kier alpha value is -5.34. The fraction of sp³-hybridized carbons (Fsp3) is 0. The molecule has 2 aromatic heterocycles. The van der Waals surface area contributed by atoms with Crippen molar-refractivity contribution in [3.8, 4) is 11.4 Å². The summed E-state index contributed by atoms with van der Waals surface area (Å²) >= 11 is 0. The zero-order valence-electron chi connectivity index (χ0n) is 21.9. The molecule has 0 bridgehead atoms. The van der Waals surface area contributed by atoms with Gasteiger partial charge in [0.15, 0.2) is 0 Å². The summed E-state index contributed by atoms with van der Waals surface area (Å²) in [4.78, 5) is 0. The highest BCUT2D eigenvalue weighted by Crippen LogP contribution is 2.26. The average Bonchev–Trinajstić information content (AvgIpc) is 3.64. The van der Waals surface area contributed by atoms with E-state index in [0.717, 1.165) is 0 Å². The van der Waals surface area contributed by atoms with Gasteiger partial charge in [-0.15, -0.1) is 0 Å². The second kappa shape index (κ2) is 9.14. The lowest BCUT2D eigenvalue weighted by Gasteiger charge is -2.07. The number of fused-ring (bicyclic) bond motifs is 4. The predicted octanol–water partition coefficient (Wildman–Crippen LogP) is 10.1. The van der Waals surface area contributed by atoms with Crippen LogP contribution in [-0.4, -0.2) is 9.13 Å². The highest BCUT2D eigenvalue weighted by atomic mass is 14.9. The average molecular weight is 511 g/mol. The normalized spacial score (nSPS) is 11.9. The van der Waals surface area contributed by atoms with Gasteiger partial charge in [-0.2, -0.15) is 0 Å². The van der Waals surface area contributed by atoms with Gasteiger partial charge in [0.25, 0.3) is 0 Å². The van der Waals surface area contributed by atoms with Crippen molar-refractivity contribution >= 4 is 55.2 Å². The van der Waals surface area contributed by atoms with Gasteiger partial charge in [-0.1, -0.05) is 97.1 Å². The standard InChI is InChI=1S/C38H26N2/c1-2-6-34-24-39(23-33(34)5-1)37-17-15-29-19-27(11-13-31(29)21-37)9-10-28-12-14-32-22-38(18-16-30(32)20-28)40-25-35-7-3-4-8-36(35)26-40/h1-26H/b10-9+. The molecule has 0 atom stereocenters. The molecule has 0 N–H and O–H groups in total. The minimum atomic E-state index is 1.18. The number of hydrogen-bond acceptors (Lipinski definition) is 0. The zero-order valence-corrected chi connectivity index (χ0v) is 21.9.